The van der Waals surface area contributed by atoms with Crippen LogP contribution in [0.4, 0.5) is 0 Å². The van der Waals surface area contributed by atoms with Crippen LogP contribution >= 0.6 is 0 Å². The van der Waals surface area contributed by atoms with Gasteiger partial charge in [0.1, 0.15) is 0 Å². The van der Waals surface area contributed by atoms with Crippen LogP contribution in [0.25, 0.3) is 0 Å². The second-order valence-corrected chi connectivity index (χ2v) is 6.04. The van der Waals surface area contributed by atoms with E-state index in [1.54, 1.807) is 6.07 Å². The van der Waals surface area contributed by atoms with E-state index in [4.69, 9.17) is 10.5 Å². The highest BCUT2D eigenvalue weighted by Crippen LogP contribution is 2.22. The lowest BCUT2D eigenvalue weighted by molar-refractivity contribution is 0.0493. The van der Waals surface area contributed by atoms with Crippen LogP contribution in [-0.2, 0) is 10.3 Å². The van der Waals surface area contributed by atoms with Crippen LogP contribution in [0.1, 0.15) is 41.8 Å². The lowest BCUT2D eigenvalue weighted by Crippen LogP contribution is -2.29. The fraction of sp³-hybridized carbons (Fsp3) is 0.562. The summed E-state index contributed by atoms with van der Waals surface area (Å²) in [5.41, 5.74) is 8.33. The molecule has 1 aromatic carbocycles. The molecular formula is C16H26N2O2. The summed E-state index contributed by atoms with van der Waals surface area (Å²) >= 11 is 0. The Balaban J connectivity index is 2.64. The van der Waals surface area contributed by atoms with E-state index in [2.05, 4.69) is 4.90 Å². The van der Waals surface area contributed by atoms with Crippen LogP contribution in [-0.4, -0.2) is 38.1 Å². The summed E-state index contributed by atoms with van der Waals surface area (Å²) in [6, 6.07) is 5.54. The topological polar surface area (TPSA) is 55.6 Å². The van der Waals surface area contributed by atoms with Crippen molar-refractivity contribution in [3.63, 3.8) is 0 Å². The standard InChI is InChI=1S/C16H26N2O2/c1-12-11-13(7-8-14(12)16(2,3)17)15(19)20-10-6-9-18(4)5/h7-8,11H,6,9-10,17H2,1-5H3. The number of nitrogens with zero attached hydrogens (tertiary/aromatic N) is 1. The number of aryl methyl sites for hydroxylation is 1. The first-order valence-electron chi connectivity index (χ1n) is 6.93. The minimum Gasteiger partial charge on any atom is -0.462 e. The molecule has 2 N–H and O–H groups in total. The third-order valence-electron chi connectivity index (χ3n) is 3.14. The maximum atomic E-state index is 11.9. The second-order valence-electron chi connectivity index (χ2n) is 6.04. The van der Waals surface area contributed by atoms with Gasteiger partial charge in [0, 0.05) is 12.1 Å². The molecule has 0 aromatic heterocycles. The van der Waals surface area contributed by atoms with E-state index < -0.39 is 5.54 Å². The average molecular weight is 278 g/mol. The minimum absolute atomic E-state index is 0.270. The van der Waals surface area contributed by atoms with Gasteiger partial charge >= 0.3 is 5.97 Å². The van der Waals surface area contributed by atoms with Crippen molar-refractivity contribution in [3.8, 4) is 0 Å². The highest BCUT2D eigenvalue weighted by Gasteiger charge is 2.18. The van der Waals surface area contributed by atoms with Crippen LogP contribution in [0.2, 0.25) is 0 Å². The number of esters is 1. The summed E-state index contributed by atoms with van der Waals surface area (Å²) in [5, 5.41) is 0. The first kappa shape index (κ1) is 16.7. The third kappa shape index (κ3) is 4.94. The number of nitrogens with two attached hydrogens (primary N) is 1. The van der Waals surface area contributed by atoms with Gasteiger partial charge in [-0.1, -0.05) is 6.07 Å². The van der Waals surface area contributed by atoms with Crippen molar-refractivity contribution < 1.29 is 9.53 Å². The van der Waals surface area contributed by atoms with Gasteiger partial charge in [-0.2, -0.15) is 0 Å². The van der Waals surface area contributed by atoms with E-state index in [1.807, 2.05) is 47.0 Å². The molecule has 0 fully saturated rings. The van der Waals surface area contributed by atoms with Gasteiger partial charge < -0.3 is 15.4 Å². The maximum Gasteiger partial charge on any atom is 0.338 e. The lowest BCUT2D eigenvalue weighted by Gasteiger charge is -2.22. The summed E-state index contributed by atoms with van der Waals surface area (Å²) in [5.74, 6) is -0.270. The van der Waals surface area contributed by atoms with Crippen LogP contribution in [0.15, 0.2) is 18.2 Å². The number of carbonyl (C=O) groups is 1. The molecule has 4 nitrogen and oxygen atoms in total. The van der Waals surface area contributed by atoms with E-state index in [0.29, 0.717) is 12.2 Å². The lowest BCUT2D eigenvalue weighted by atomic mass is 9.90. The molecule has 0 aliphatic heterocycles. The summed E-state index contributed by atoms with van der Waals surface area (Å²) < 4.78 is 5.26. The van der Waals surface area contributed by atoms with Crippen molar-refractivity contribution in [1.82, 2.24) is 4.90 Å². The van der Waals surface area contributed by atoms with Crippen LogP contribution in [0.3, 0.4) is 0 Å². The van der Waals surface area contributed by atoms with Crippen molar-refractivity contribution in [2.45, 2.75) is 32.7 Å². The number of rotatable bonds is 6. The van der Waals surface area contributed by atoms with Gasteiger partial charge in [0.25, 0.3) is 0 Å². The molecule has 112 valence electrons. The van der Waals surface area contributed by atoms with Crippen molar-refractivity contribution in [2.75, 3.05) is 27.2 Å². The number of benzene rings is 1. The van der Waals surface area contributed by atoms with E-state index in [-0.39, 0.29) is 5.97 Å². The molecular weight excluding hydrogens is 252 g/mol. The highest BCUT2D eigenvalue weighted by molar-refractivity contribution is 5.89. The number of ether oxygens (including phenoxy) is 1. The van der Waals surface area contributed by atoms with Crippen LogP contribution in [0.5, 0.6) is 0 Å². The molecule has 0 saturated heterocycles. The SMILES string of the molecule is Cc1cc(C(=O)OCCCN(C)C)ccc1C(C)(C)N. The van der Waals surface area contributed by atoms with Gasteiger partial charge in [-0.15, -0.1) is 0 Å². The zero-order chi connectivity index (χ0) is 15.3. The van der Waals surface area contributed by atoms with Gasteiger partial charge in [0.15, 0.2) is 0 Å². The molecule has 20 heavy (non-hydrogen) atoms. The van der Waals surface area contributed by atoms with Gasteiger partial charge in [0.05, 0.1) is 12.2 Å². The monoisotopic (exact) mass is 278 g/mol. The molecule has 0 aliphatic rings. The molecule has 0 heterocycles. The molecule has 0 amide bonds. The zero-order valence-electron chi connectivity index (χ0n) is 13.2. The Morgan fingerprint density at radius 1 is 1.35 bits per heavy atom. The molecule has 0 radical (unpaired) electrons. The Hall–Kier alpha value is -1.39. The largest absolute Gasteiger partial charge is 0.462 e. The predicted octanol–water partition coefficient (Wildman–Crippen LogP) is 2.30. The van der Waals surface area contributed by atoms with E-state index >= 15 is 0 Å². The Kier molecular flexibility index (Phi) is 5.72. The number of hydrogen-bond acceptors (Lipinski definition) is 4. The molecule has 0 unspecified atom stereocenters. The van der Waals surface area contributed by atoms with Crippen molar-refractivity contribution in [2.24, 2.45) is 5.73 Å². The normalized spacial score (nSPS) is 11.8. The van der Waals surface area contributed by atoms with Crippen molar-refractivity contribution >= 4 is 5.97 Å². The molecule has 0 bridgehead atoms. The summed E-state index contributed by atoms with van der Waals surface area (Å²) in [6.45, 7) is 7.22. The Morgan fingerprint density at radius 3 is 2.50 bits per heavy atom. The van der Waals surface area contributed by atoms with Gasteiger partial charge in [-0.05, 0) is 64.5 Å². The first-order valence-corrected chi connectivity index (χ1v) is 6.93. The summed E-state index contributed by atoms with van der Waals surface area (Å²) in [4.78, 5) is 14.0. The smallest absolute Gasteiger partial charge is 0.338 e. The quantitative estimate of drug-likeness (QED) is 0.641. The van der Waals surface area contributed by atoms with E-state index in [9.17, 15) is 4.79 Å². The van der Waals surface area contributed by atoms with E-state index in [1.165, 1.54) is 0 Å². The van der Waals surface area contributed by atoms with Crippen molar-refractivity contribution in [3.05, 3.63) is 34.9 Å². The molecule has 0 saturated carbocycles. The Morgan fingerprint density at radius 2 is 2.00 bits per heavy atom. The van der Waals surface area contributed by atoms with Gasteiger partial charge in [0.2, 0.25) is 0 Å². The molecule has 0 spiro atoms. The van der Waals surface area contributed by atoms with Gasteiger partial charge in [-0.3, -0.25) is 0 Å². The molecule has 0 atom stereocenters. The maximum absolute atomic E-state index is 11.9. The molecule has 4 heteroatoms. The Bertz CT molecular complexity index is 462. The summed E-state index contributed by atoms with van der Waals surface area (Å²) in [6.07, 6.45) is 0.839. The minimum atomic E-state index is -0.405. The summed E-state index contributed by atoms with van der Waals surface area (Å²) in [7, 11) is 4.00. The average Bonchev–Trinajstić information content (AvgIpc) is 2.32. The van der Waals surface area contributed by atoms with Crippen molar-refractivity contribution in [1.29, 1.82) is 0 Å². The van der Waals surface area contributed by atoms with Crippen LogP contribution in [0, 0.1) is 6.92 Å². The highest BCUT2D eigenvalue weighted by atomic mass is 16.5. The molecule has 1 aromatic rings. The molecule has 1 rings (SSSR count). The Labute approximate surface area is 121 Å². The van der Waals surface area contributed by atoms with E-state index in [0.717, 1.165) is 24.1 Å². The fourth-order valence-electron chi connectivity index (χ4n) is 2.14. The fourth-order valence-corrected chi connectivity index (χ4v) is 2.14. The van der Waals surface area contributed by atoms with Gasteiger partial charge in [-0.25, -0.2) is 4.79 Å². The third-order valence-corrected chi connectivity index (χ3v) is 3.14. The second kappa shape index (κ2) is 6.86. The number of carbonyl (C=O) groups excluding carboxylic acids is 1. The molecule has 0 aliphatic carbocycles. The predicted molar refractivity (Wildman–Crippen MR) is 81.8 cm³/mol. The first-order chi connectivity index (χ1) is 9.21. The number of hydrogen-bond donors (Lipinski definition) is 1. The zero-order valence-corrected chi connectivity index (χ0v) is 13.2. The van der Waals surface area contributed by atoms with Crippen LogP contribution < -0.4 is 5.73 Å².